The van der Waals surface area contributed by atoms with E-state index in [1.165, 1.54) is 14.2 Å². The van der Waals surface area contributed by atoms with Crippen molar-refractivity contribution in [1.82, 2.24) is 34.5 Å². The van der Waals surface area contributed by atoms with Crippen LogP contribution in [0.2, 0.25) is 0 Å². The number of aryl methyl sites for hydroxylation is 4. The van der Waals surface area contributed by atoms with Crippen molar-refractivity contribution < 1.29 is 19.1 Å². The van der Waals surface area contributed by atoms with Crippen molar-refractivity contribution in [3.8, 4) is 23.7 Å². The number of benzene rings is 5. The van der Waals surface area contributed by atoms with Crippen LogP contribution in [0.25, 0.3) is 44.2 Å². The van der Waals surface area contributed by atoms with Crippen LogP contribution in [0, 0.1) is 51.4 Å². The number of hydrogen-bond donors (Lipinski definition) is 0. The molecule has 4 unspecified atom stereocenters. The fraction of sp³-hybridized carbons (Fsp3) is 0.213. The number of carbonyl (C=O) groups excluding carboxylic acids is 2. The van der Waals surface area contributed by atoms with Gasteiger partial charge in [-0.3, -0.25) is 9.59 Å². The first-order chi connectivity index (χ1) is 28.1. The van der Waals surface area contributed by atoms with Gasteiger partial charge in [0, 0.05) is 28.8 Å². The lowest BCUT2D eigenvalue weighted by Gasteiger charge is -2.48. The molecule has 3 aliphatic carbocycles. The number of fused-ring (bicyclic) bond motifs is 4. The summed E-state index contributed by atoms with van der Waals surface area (Å²) < 4.78 is 14.1. The van der Waals surface area contributed by atoms with Gasteiger partial charge in [-0.1, -0.05) is 60.5 Å². The molecular weight excluding hydrogens is 727 g/mol. The van der Waals surface area contributed by atoms with Gasteiger partial charge in [-0.15, -0.1) is 0 Å². The number of carbonyl (C=O) groups is 2. The molecule has 0 spiro atoms. The van der Waals surface area contributed by atoms with Crippen molar-refractivity contribution in [2.45, 2.75) is 39.5 Å². The van der Waals surface area contributed by atoms with E-state index in [0.717, 1.165) is 82.9 Å². The van der Waals surface area contributed by atoms with Crippen LogP contribution in [0.3, 0.4) is 0 Å². The first-order valence-corrected chi connectivity index (χ1v) is 19.1. The van der Waals surface area contributed by atoms with Gasteiger partial charge >= 0.3 is 11.9 Å². The molecule has 3 aliphatic rings. The van der Waals surface area contributed by atoms with Crippen molar-refractivity contribution in [3.05, 3.63) is 147 Å². The highest BCUT2D eigenvalue weighted by molar-refractivity contribution is 6.10. The van der Waals surface area contributed by atoms with Crippen LogP contribution >= 0.6 is 0 Å². The summed E-state index contributed by atoms with van der Waals surface area (Å²) in [5.41, 5.74) is 8.18. The molecule has 11 nitrogen and oxygen atoms in total. The molecule has 0 aliphatic heterocycles. The number of hydrogen-bond acceptors (Lipinski definition) is 9. The van der Waals surface area contributed by atoms with Crippen LogP contribution in [0.4, 0.5) is 0 Å². The van der Waals surface area contributed by atoms with Crippen LogP contribution < -0.4 is 0 Å². The molecule has 3 aromatic heterocycles. The lowest BCUT2D eigenvalue weighted by atomic mass is 9.54. The predicted octanol–water partition coefficient (Wildman–Crippen LogP) is 7.51. The summed E-state index contributed by atoms with van der Waals surface area (Å²) in [7, 11) is 2.75. The Morgan fingerprint density at radius 2 is 1.03 bits per heavy atom. The monoisotopic (exact) mass is 763 g/mol. The Kier molecular flexibility index (Phi) is 8.02. The summed E-state index contributed by atoms with van der Waals surface area (Å²) >= 11 is 0. The van der Waals surface area contributed by atoms with Crippen LogP contribution in [0.5, 0.6) is 0 Å². The Bertz CT molecular complexity index is 3070. The zero-order valence-corrected chi connectivity index (χ0v) is 32.7. The first kappa shape index (κ1) is 35.2. The largest absolute Gasteiger partial charge is 0.469 e. The van der Waals surface area contributed by atoms with Crippen LogP contribution in [0.1, 0.15) is 68.3 Å². The number of esters is 2. The molecule has 5 aromatic carbocycles. The van der Waals surface area contributed by atoms with Crippen molar-refractivity contribution >= 4 is 44.3 Å². The maximum absolute atomic E-state index is 13.7. The fourth-order valence-electron chi connectivity index (χ4n) is 9.39. The van der Waals surface area contributed by atoms with Crippen LogP contribution in [0.15, 0.2) is 91.0 Å². The van der Waals surface area contributed by atoms with Gasteiger partial charge in [-0.25, -0.2) is 9.36 Å². The van der Waals surface area contributed by atoms with E-state index >= 15 is 0 Å². The summed E-state index contributed by atoms with van der Waals surface area (Å²) in [5.74, 6) is 4.53. The predicted molar refractivity (Wildman–Crippen MR) is 219 cm³/mol. The van der Waals surface area contributed by atoms with E-state index in [4.69, 9.17) is 24.4 Å². The molecule has 4 atom stereocenters. The summed E-state index contributed by atoms with van der Waals surface area (Å²) in [6.07, 6.45) is 0. The van der Waals surface area contributed by atoms with E-state index in [1.807, 2.05) is 64.1 Å². The lowest BCUT2D eigenvalue weighted by molar-refractivity contribution is -0.160. The topological polar surface area (TPSA) is 127 Å². The van der Waals surface area contributed by atoms with E-state index < -0.39 is 35.6 Å². The maximum Gasteiger partial charge on any atom is 0.310 e. The maximum atomic E-state index is 13.7. The highest BCUT2D eigenvalue weighted by Crippen LogP contribution is 2.59. The highest BCUT2D eigenvalue weighted by Gasteiger charge is 2.56. The fourth-order valence-corrected chi connectivity index (χ4v) is 9.39. The van der Waals surface area contributed by atoms with E-state index in [9.17, 15) is 9.59 Å². The first-order valence-electron chi connectivity index (χ1n) is 19.1. The second-order valence-electron chi connectivity index (χ2n) is 15.2. The van der Waals surface area contributed by atoms with Crippen molar-refractivity contribution in [2.24, 2.45) is 11.8 Å². The molecule has 0 N–H and O–H groups in total. The summed E-state index contributed by atoms with van der Waals surface area (Å²) in [4.78, 5) is 41.8. The molecule has 2 bridgehead atoms. The standard InChI is InChI=1S/C47H37N7O4/c1-24-17-26(3)53(51-24)46-48-39(49-47(50-46)54-27(4)18-25(2)52-54)16-15-32-35-21-29-12-8-7-11-28(29)19-30(35)20-31-22-37-38(23-36(31)32)41-34-14-10-9-13-33(34)40(37)42(44(55)57-5)43(41)45(56)58-6/h7-14,17-23,40-43H,1-6H3. The second kappa shape index (κ2) is 13.2. The van der Waals surface area contributed by atoms with Crippen LogP contribution in [-0.2, 0) is 19.1 Å². The van der Waals surface area contributed by atoms with E-state index in [1.54, 1.807) is 9.36 Å². The molecule has 0 amide bonds. The molecule has 58 heavy (non-hydrogen) atoms. The molecule has 11 rings (SSSR count). The average molecular weight is 764 g/mol. The van der Waals surface area contributed by atoms with Crippen LogP contribution in [-0.4, -0.2) is 60.7 Å². The van der Waals surface area contributed by atoms with Gasteiger partial charge in [0.15, 0.2) is 0 Å². The molecular formula is C47H37N7O4. The molecule has 0 saturated heterocycles. The highest BCUT2D eigenvalue weighted by atomic mass is 16.5. The lowest BCUT2D eigenvalue weighted by Crippen LogP contribution is -2.47. The Morgan fingerprint density at radius 3 is 1.57 bits per heavy atom. The van der Waals surface area contributed by atoms with Crippen molar-refractivity contribution in [2.75, 3.05) is 14.2 Å². The number of nitrogens with zero attached hydrogens (tertiary/aromatic N) is 7. The zero-order chi connectivity index (χ0) is 40.0. The molecule has 284 valence electrons. The Labute approximate surface area is 333 Å². The average Bonchev–Trinajstić information content (AvgIpc) is 3.77. The molecule has 3 heterocycles. The third-order valence-corrected chi connectivity index (χ3v) is 11.7. The van der Waals surface area contributed by atoms with E-state index in [-0.39, 0.29) is 5.82 Å². The smallest absolute Gasteiger partial charge is 0.310 e. The normalized spacial score (nSPS) is 17.8. The minimum absolute atomic E-state index is 0.253. The Morgan fingerprint density at radius 1 is 0.552 bits per heavy atom. The minimum Gasteiger partial charge on any atom is -0.469 e. The number of aromatic nitrogens is 7. The number of ether oxygens (including phenoxy) is 2. The SMILES string of the molecule is COC(=O)C1C2c3ccccc3C(c3cc4c(C#Cc5nc(-n6nc(C)cc6C)nc(-n6nc(C)cc6C)n5)c5cc6ccccc6cc5cc4cc32)C1C(=O)OC. The third kappa shape index (κ3) is 5.39. The molecule has 0 radical (unpaired) electrons. The van der Waals surface area contributed by atoms with Gasteiger partial charge in [0.25, 0.3) is 11.9 Å². The molecule has 11 heteroatoms. The van der Waals surface area contributed by atoms with Gasteiger partial charge < -0.3 is 9.47 Å². The van der Waals surface area contributed by atoms with Gasteiger partial charge in [-0.2, -0.15) is 25.1 Å². The van der Waals surface area contributed by atoms with Gasteiger partial charge in [0.1, 0.15) is 0 Å². The summed E-state index contributed by atoms with van der Waals surface area (Å²) in [6.45, 7) is 7.76. The van der Waals surface area contributed by atoms with Gasteiger partial charge in [0.05, 0.1) is 37.4 Å². The number of rotatable bonds is 4. The van der Waals surface area contributed by atoms with Crippen molar-refractivity contribution in [3.63, 3.8) is 0 Å². The van der Waals surface area contributed by atoms with Crippen molar-refractivity contribution in [1.29, 1.82) is 0 Å². The van der Waals surface area contributed by atoms with Gasteiger partial charge in [-0.05, 0) is 125 Å². The van der Waals surface area contributed by atoms with E-state index in [2.05, 4.69) is 76.6 Å². The summed E-state index contributed by atoms with van der Waals surface area (Å²) in [6, 6.07) is 31.2. The third-order valence-electron chi connectivity index (χ3n) is 11.7. The minimum atomic E-state index is -0.771. The molecule has 0 fully saturated rings. The summed E-state index contributed by atoms with van der Waals surface area (Å²) in [5, 5.41) is 15.3. The quantitative estimate of drug-likeness (QED) is 0.102. The molecule has 8 aromatic rings. The molecule has 0 saturated carbocycles. The second-order valence-corrected chi connectivity index (χ2v) is 15.2. The Balaban J connectivity index is 1.25. The van der Waals surface area contributed by atoms with E-state index in [0.29, 0.717) is 11.9 Å². The Hall–Kier alpha value is -7.19. The van der Waals surface area contributed by atoms with Gasteiger partial charge in [0.2, 0.25) is 5.82 Å². The number of methoxy groups -OCH3 is 2. The zero-order valence-electron chi connectivity index (χ0n) is 32.7.